The Morgan fingerprint density at radius 1 is 1.38 bits per heavy atom. The van der Waals surface area contributed by atoms with Crippen LogP contribution in [-0.4, -0.2) is 0 Å². The zero-order valence-corrected chi connectivity index (χ0v) is 8.32. The zero-order chi connectivity index (χ0) is 9.26. The molecule has 0 aliphatic carbocycles. The molecule has 0 saturated carbocycles. The maximum Gasteiger partial charge on any atom is 0.111 e. The van der Waals surface area contributed by atoms with Gasteiger partial charge in [0.05, 0.1) is 5.69 Å². The normalized spacial score (nSPS) is 15.2. The summed E-state index contributed by atoms with van der Waals surface area (Å²) in [4.78, 5) is 2.48. The van der Waals surface area contributed by atoms with Crippen molar-refractivity contribution in [3.63, 3.8) is 0 Å². The molecule has 0 spiro atoms. The molecule has 1 aromatic rings. The molecule has 13 heavy (non-hydrogen) atoms. The van der Waals surface area contributed by atoms with Gasteiger partial charge in [-0.2, -0.15) is 0 Å². The Bertz CT molecular complexity index is 358. The first-order chi connectivity index (χ1) is 6.31. The van der Waals surface area contributed by atoms with Crippen LogP contribution < -0.4 is 11.1 Å². The highest BCUT2D eigenvalue weighted by atomic mass is 32.2. The maximum atomic E-state index is 5.85. The molecule has 68 valence electrons. The molecule has 2 rings (SSSR count). The van der Waals surface area contributed by atoms with Crippen LogP contribution in [0.15, 0.2) is 39.9 Å². The third kappa shape index (κ3) is 1.52. The van der Waals surface area contributed by atoms with Crippen LogP contribution in [0.2, 0.25) is 0 Å². The molecule has 0 aromatic heterocycles. The number of allylic oxidation sites excluding steroid dienone is 1. The molecule has 0 unspecified atom stereocenters. The van der Waals surface area contributed by atoms with Gasteiger partial charge in [-0.25, -0.2) is 0 Å². The fourth-order valence-electron chi connectivity index (χ4n) is 1.32. The Hall–Kier alpha value is -1.09. The van der Waals surface area contributed by atoms with Crippen LogP contribution in [-0.2, 0) is 0 Å². The van der Waals surface area contributed by atoms with Gasteiger partial charge < -0.3 is 11.1 Å². The lowest BCUT2D eigenvalue weighted by Crippen LogP contribution is -2.14. The number of hydrogen-bond donors (Lipinski definition) is 2. The molecule has 3 N–H and O–H groups in total. The van der Waals surface area contributed by atoms with E-state index in [-0.39, 0.29) is 0 Å². The molecule has 1 aromatic carbocycles. The molecule has 0 bridgehead atoms. The van der Waals surface area contributed by atoms with Gasteiger partial charge in [0.15, 0.2) is 0 Å². The van der Waals surface area contributed by atoms with Crippen molar-refractivity contribution in [2.75, 3.05) is 5.32 Å². The summed E-state index contributed by atoms with van der Waals surface area (Å²) in [6.07, 6.45) is 0.984. The monoisotopic (exact) mass is 192 g/mol. The summed E-state index contributed by atoms with van der Waals surface area (Å²) < 4.78 is 0. The van der Waals surface area contributed by atoms with Crippen molar-refractivity contribution in [2.24, 2.45) is 5.73 Å². The van der Waals surface area contributed by atoms with Crippen molar-refractivity contribution < 1.29 is 0 Å². The minimum atomic E-state index is 0.797. The maximum absolute atomic E-state index is 5.85. The fraction of sp³-hybridized carbons (Fsp3) is 0.200. The first-order valence-electron chi connectivity index (χ1n) is 4.33. The van der Waals surface area contributed by atoms with Crippen LogP contribution in [0.4, 0.5) is 5.69 Å². The van der Waals surface area contributed by atoms with Gasteiger partial charge in [0.2, 0.25) is 0 Å². The standard InChI is InChI=1S/C10H12N2S/c1-2-8-10(11)12-7-5-3-4-6-9(7)13-8/h3-6,12H,2,11H2,1H3. The molecule has 0 saturated heterocycles. The van der Waals surface area contributed by atoms with Crippen LogP contribution in [0.3, 0.4) is 0 Å². The second-order valence-electron chi connectivity index (χ2n) is 2.91. The van der Waals surface area contributed by atoms with Gasteiger partial charge >= 0.3 is 0 Å². The van der Waals surface area contributed by atoms with E-state index in [9.17, 15) is 0 Å². The van der Waals surface area contributed by atoms with E-state index in [2.05, 4.69) is 18.3 Å². The van der Waals surface area contributed by atoms with E-state index < -0.39 is 0 Å². The lowest BCUT2D eigenvalue weighted by atomic mass is 10.3. The van der Waals surface area contributed by atoms with Gasteiger partial charge in [-0.3, -0.25) is 0 Å². The zero-order valence-electron chi connectivity index (χ0n) is 7.50. The third-order valence-electron chi connectivity index (χ3n) is 2.01. The summed E-state index contributed by atoms with van der Waals surface area (Å²) >= 11 is 1.76. The van der Waals surface area contributed by atoms with Crippen LogP contribution in [0, 0.1) is 0 Å². The van der Waals surface area contributed by atoms with Gasteiger partial charge in [0.1, 0.15) is 5.82 Å². The molecule has 0 radical (unpaired) electrons. The molecule has 0 amide bonds. The highest BCUT2D eigenvalue weighted by molar-refractivity contribution is 8.03. The van der Waals surface area contributed by atoms with E-state index >= 15 is 0 Å². The molecular weight excluding hydrogens is 180 g/mol. The molecule has 1 aliphatic rings. The van der Waals surface area contributed by atoms with Crippen LogP contribution >= 0.6 is 11.8 Å². The van der Waals surface area contributed by atoms with Crippen LogP contribution in [0.5, 0.6) is 0 Å². The number of anilines is 1. The Morgan fingerprint density at radius 2 is 2.15 bits per heavy atom. The van der Waals surface area contributed by atoms with E-state index in [1.54, 1.807) is 11.8 Å². The fourth-order valence-corrected chi connectivity index (χ4v) is 2.27. The summed E-state index contributed by atoms with van der Waals surface area (Å²) in [6, 6.07) is 8.20. The average molecular weight is 192 g/mol. The van der Waals surface area contributed by atoms with E-state index in [1.165, 1.54) is 9.80 Å². The first kappa shape index (κ1) is 8.51. The third-order valence-corrected chi connectivity index (χ3v) is 3.34. The van der Waals surface area contributed by atoms with Crippen molar-refractivity contribution in [2.45, 2.75) is 18.2 Å². The van der Waals surface area contributed by atoms with Crippen molar-refractivity contribution in [1.29, 1.82) is 0 Å². The largest absolute Gasteiger partial charge is 0.385 e. The lowest BCUT2D eigenvalue weighted by Gasteiger charge is -2.20. The molecular formula is C10H12N2S. The Labute approximate surface area is 82.2 Å². The molecule has 3 heteroatoms. The first-order valence-corrected chi connectivity index (χ1v) is 5.15. The second kappa shape index (κ2) is 3.34. The number of hydrogen-bond acceptors (Lipinski definition) is 3. The van der Waals surface area contributed by atoms with Crippen molar-refractivity contribution in [1.82, 2.24) is 0 Å². The minimum Gasteiger partial charge on any atom is -0.385 e. The number of thioether (sulfide) groups is 1. The second-order valence-corrected chi connectivity index (χ2v) is 4.05. The SMILES string of the molecule is CCC1=C(N)Nc2ccccc2S1. The summed E-state index contributed by atoms with van der Waals surface area (Å²) in [5.41, 5.74) is 6.97. The van der Waals surface area contributed by atoms with Gasteiger partial charge in [0.25, 0.3) is 0 Å². The van der Waals surface area contributed by atoms with Gasteiger partial charge in [-0.15, -0.1) is 0 Å². The average Bonchev–Trinajstić information content (AvgIpc) is 2.17. The van der Waals surface area contributed by atoms with Crippen LogP contribution in [0.25, 0.3) is 0 Å². The number of nitrogens with one attached hydrogen (secondary N) is 1. The topological polar surface area (TPSA) is 38.0 Å². The molecule has 0 fully saturated rings. The smallest absolute Gasteiger partial charge is 0.111 e. The predicted molar refractivity (Wildman–Crippen MR) is 57.4 cm³/mol. The number of nitrogens with two attached hydrogens (primary N) is 1. The van der Waals surface area contributed by atoms with Crippen molar-refractivity contribution in [3.05, 3.63) is 35.0 Å². The Kier molecular flexibility index (Phi) is 2.19. The van der Waals surface area contributed by atoms with E-state index in [4.69, 9.17) is 5.73 Å². The summed E-state index contributed by atoms with van der Waals surface area (Å²) in [6.45, 7) is 2.12. The van der Waals surface area contributed by atoms with E-state index in [0.29, 0.717) is 0 Å². The number of benzene rings is 1. The molecule has 1 heterocycles. The van der Waals surface area contributed by atoms with E-state index in [0.717, 1.165) is 17.9 Å². The summed E-state index contributed by atoms with van der Waals surface area (Å²) in [5, 5.41) is 3.20. The number of fused-ring (bicyclic) bond motifs is 1. The highest BCUT2D eigenvalue weighted by Crippen LogP contribution is 2.39. The number of para-hydroxylation sites is 1. The molecule has 2 nitrogen and oxygen atoms in total. The highest BCUT2D eigenvalue weighted by Gasteiger charge is 2.13. The predicted octanol–water partition coefficient (Wildman–Crippen LogP) is 2.74. The van der Waals surface area contributed by atoms with Gasteiger partial charge in [-0.1, -0.05) is 30.8 Å². The van der Waals surface area contributed by atoms with Gasteiger partial charge in [0, 0.05) is 9.80 Å². The van der Waals surface area contributed by atoms with Crippen LogP contribution in [0.1, 0.15) is 13.3 Å². The van der Waals surface area contributed by atoms with Crippen molar-refractivity contribution in [3.8, 4) is 0 Å². The minimum absolute atomic E-state index is 0.797. The van der Waals surface area contributed by atoms with E-state index in [1.807, 2.05) is 18.2 Å². The molecule has 0 atom stereocenters. The lowest BCUT2D eigenvalue weighted by molar-refractivity contribution is 1.12. The molecule has 1 aliphatic heterocycles. The Balaban J connectivity index is 2.37. The van der Waals surface area contributed by atoms with Crippen molar-refractivity contribution >= 4 is 17.4 Å². The number of rotatable bonds is 1. The Morgan fingerprint density at radius 3 is 2.92 bits per heavy atom. The summed E-state index contributed by atoms with van der Waals surface area (Å²) in [5.74, 6) is 0.797. The van der Waals surface area contributed by atoms with Gasteiger partial charge in [-0.05, 0) is 18.6 Å². The quantitative estimate of drug-likeness (QED) is 0.718. The summed E-state index contributed by atoms with van der Waals surface area (Å²) in [7, 11) is 0.